The zero-order chi connectivity index (χ0) is 8.27. The third kappa shape index (κ3) is 2.95. The first-order valence-electron chi connectivity index (χ1n) is 4.40. The van der Waals surface area contributed by atoms with Gasteiger partial charge < -0.3 is 5.11 Å². The number of hydrogen-bond donors (Lipinski definition) is 1. The third-order valence-corrected chi connectivity index (χ3v) is 2.27. The Labute approximate surface area is 68.8 Å². The zero-order valence-electron chi connectivity index (χ0n) is 7.30. The Balaban J connectivity index is 2.11. The highest BCUT2D eigenvalue weighted by Crippen LogP contribution is 2.43. The van der Waals surface area contributed by atoms with Crippen molar-refractivity contribution in [2.45, 2.75) is 39.2 Å². The van der Waals surface area contributed by atoms with Gasteiger partial charge in [0, 0.05) is 6.42 Å². The van der Waals surface area contributed by atoms with Crippen molar-refractivity contribution >= 4 is 0 Å². The molecule has 0 aliphatic heterocycles. The van der Waals surface area contributed by atoms with E-state index in [9.17, 15) is 0 Å². The van der Waals surface area contributed by atoms with Crippen LogP contribution in [0.15, 0.2) is 0 Å². The lowest BCUT2D eigenvalue weighted by Crippen LogP contribution is -1.92. The summed E-state index contributed by atoms with van der Waals surface area (Å²) in [5, 5.41) is 8.84. The molecule has 11 heavy (non-hydrogen) atoms. The lowest BCUT2D eigenvalue weighted by molar-refractivity contribution is 0.253. The van der Waals surface area contributed by atoms with Crippen LogP contribution < -0.4 is 0 Å². The molecule has 62 valence electrons. The maximum atomic E-state index is 8.84. The molecule has 1 heteroatoms. The van der Waals surface area contributed by atoms with E-state index in [1.165, 1.54) is 12.8 Å². The van der Waals surface area contributed by atoms with E-state index in [4.69, 9.17) is 5.11 Å². The van der Waals surface area contributed by atoms with Crippen molar-refractivity contribution in [2.75, 3.05) is 0 Å². The molecule has 1 N–H and O–H groups in total. The fourth-order valence-corrected chi connectivity index (χ4v) is 1.40. The van der Waals surface area contributed by atoms with Crippen LogP contribution in [-0.4, -0.2) is 11.2 Å². The second-order valence-electron chi connectivity index (χ2n) is 3.37. The molecule has 0 saturated heterocycles. The van der Waals surface area contributed by atoms with Crippen LogP contribution in [0.5, 0.6) is 0 Å². The molecular formula is C10H16O. The minimum absolute atomic E-state index is 0.450. The van der Waals surface area contributed by atoms with Gasteiger partial charge in [-0.1, -0.05) is 19.3 Å². The van der Waals surface area contributed by atoms with Gasteiger partial charge in [0.15, 0.2) is 0 Å². The zero-order valence-corrected chi connectivity index (χ0v) is 7.30. The van der Waals surface area contributed by atoms with Crippen LogP contribution in [0, 0.1) is 23.7 Å². The van der Waals surface area contributed by atoms with E-state index in [0.717, 1.165) is 18.3 Å². The number of rotatable bonds is 2. The number of hydrogen-bond acceptors (Lipinski definition) is 1. The van der Waals surface area contributed by atoms with Crippen LogP contribution in [0.2, 0.25) is 0 Å². The van der Waals surface area contributed by atoms with Gasteiger partial charge in [0.2, 0.25) is 0 Å². The molecule has 0 aromatic rings. The maximum Gasteiger partial charge on any atom is 0.111 e. The molecule has 1 saturated carbocycles. The van der Waals surface area contributed by atoms with Crippen molar-refractivity contribution in [3.63, 3.8) is 0 Å². The lowest BCUT2D eigenvalue weighted by Gasteiger charge is -1.89. The second kappa shape index (κ2) is 3.78. The quantitative estimate of drug-likeness (QED) is 0.598. The standard InChI is InChI=1S/C10H16O/c1-3-9-7-10(9)6-4-5-8(2)11/h8-11H,3,6-7H2,1-2H3. The summed E-state index contributed by atoms with van der Waals surface area (Å²) in [7, 11) is 0. The number of aliphatic hydroxyl groups is 1. The summed E-state index contributed by atoms with van der Waals surface area (Å²) >= 11 is 0. The molecule has 3 atom stereocenters. The lowest BCUT2D eigenvalue weighted by atomic mass is 10.2. The summed E-state index contributed by atoms with van der Waals surface area (Å²) < 4.78 is 0. The molecule has 0 bridgehead atoms. The van der Waals surface area contributed by atoms with E-state index < -0.39 is 6.10 Å². The van der Waals surface area contributed by atoms with Crippen LogP contribution in [-0.2, 0) is 0 Å². The largest absolute Gasteiger partial charge is 0.381 e. The van der Waals surface area contributed by atoms with Crippen molar-refractivity contribution in [1.82, 2.24) is 0 Å². The van der Waals surface area contributed by atoms with Crippen LogP contribution in [0.3, 0.4) is 0 Å². The van der Waals surface area contributed by atoms with Gasteiger partial charge in [0.05, 0.1) is 0 Å². The number of aliphatic hydroxyl groups excluding tert-OH is 1. The van der Waals surface area contributed by atoms with Gasteiger partial charge in [0.25, 0.3) is 0 Å². The SMILES string of the molecule is CCC1CC1CC#CC(C)O. The van der Waals surface area contributed by atoms with Crippen molar-refractivity contribution in [3.05, 3.63) is 0 Å². The molecule has 0 aromatic heterocycles. The molecule has 0 aromatic carbocycles. The summed E-state index contributed by atoms with van der Waals surface area (Å²) in [4.78, 5) is 0. The molecule has 3 unspecified atom stereocenters. The second-order valence-corrected chi connectivity index (χ2v) is 3.37. The maximum absolute atomic E-state index is 8.84. The fraction of sp³-hybridized carbons (Fsp3) is 0.800. The Morgan fingerprint density at radius 1 is 1.55 bits per heavy atom. The molecule has 1 aliphatic carbocycles. The molecule has 0 amide bonds. The molecule has 1 rings (SSSR count). The first kappa shape index (κ1) is 8.62. The van der Waals surface area contributed by atoms with E-state index in [0.29, 0.717) is 0 Å². The van der Waals surface area contributed by atoms with Crippen molar-refractivity contribution < 1.29 is 5.11 Å². The highest BCUT2D eigenvalue weighted by Gasteiger charge is 2.33. The molecule has 1 fully saturated rings. The monoisotopic (exact) mass is 152 g/mol. The Bertz CT molecular complexity index is 173. The molecule has 0 radical (unpaired) electrons. The predicted molar refractivity (Wildman–Crippen MR) is 46.0 cm³/mol. The van der Waals surface area contributed by atoms with Gasteiger partial charge in [0.1, 0.15) is 6.10 Å². The van der Waals surface area contributed by atoms with Gasteiger partial charge in [-0.15, -0.1) is 5.92 Å². The average Bonchev–Trinajstić information content (AvgIpc) is 2.66. The minimum Gasteiger partial charge on any atom is -0.381 e. The molecule has 1 nitrogen and oxygen atoms in total. The minimum atomic E-state index is -0.450. The Morgan fingerprint density at radius 3 is 2.73 bits per heavy atom. The van der Waals surface area contributed by atoms with Crippen molar-refractivity contribution in [1.29, 1.82) is 0 Å². The van der Waals surface area contributed by atoms with Gasteiger partial charge >= 0.3 is 0 Å². The Kier molecular flexibility index (Phi) is 2.96. The summed E-state index contributed by atoms with van der Waals surface area (Å²) in [5.74, 6) is 7.55. The molecule has 0 heterocycles. The van der Waals surface area contributed by atoms with Gasteiger partial charge in [-0.25, -0.2) is 0 Å². The smallest absolute Gasteiger partial charge is 0.111 e. The van der Waals surface area contributed by atoms with Gasteiger partial charge in [-0.2, -0.15) is 0 Å². The first-order chi connectivity index (χ1) is 5.24. The predicted octanol–water partition coefficient (Wildman–Crippen LogP) is 1.81. The Morgan fingerprint density at radius 2 is 2.27 bits per heavy atom. The molecular weight excluding hydrogens is 136 g/mol. The Hall–Kier alpha value is -0.480. The van der Waals surface area contributed by atoms with Crippen molar-refractivity contribution in [3.8, 4) is 11.8 Å². The summed E-state index contributed by atoms with van der Waals surface area (Å²) in [6.45, 7) is 3.93. The topological polar surface area (TPSA) is 20.2 Å². The van der Waals surface area contributed by atoms with E-state index >= 15 is 0 Å². The van der Waals surface area contributed by atoms with Crippen LogP contribution in [0.1, 0.15) is 33.1 Å². The van der Waals surface area contributed by atoms with Gasteiger partial charge in [-0.3, -0.25) is 0 Å². The summed E-state index contributed by atoms with van der Waals surface area (Å²) in [6.07, 6.45) is 3.18. The fourth-order valence-electron chi connectivity index (χ4n) is 1.40. The highest BCUT2D eigenvalue weighted by molar-refractivity contribution is 5.06. The summed E-state index contributed by atoms with van der Waals surface area (Å²) in [6, 6.07) is 0. The van der Waals surface area contributed by atoms with E-state index in [2.05, 4.69) is 18.8 Å². The summed E-state index contributed by atoms with van der Waals surface area (Å²) in [5.41, 5.74) is 0. The van der Waals surface area contributed by atoms with E-state index in [1.807, 2.05) is 0 Å². The van der Waals surface area contributed by atoms with Crippen LogP contribution >= 0.6 is 0 Å². The van der Waals surface area contributed by atoms with Crippen LogP contribution in [0.25, 0.3) is 0 Å². The highest BCUT2D eigenvalue weighted by atomic mass is 16.3. The average molecular weight is 152 g/mol. The van der Waals surface area contributed by atoms with E-state index in [1.54, 1.807) is 6.92 Å². The third-order valence-electron chi connectivity index (χ3n) is 2.27. The normalized spacial score (nSPS) is 30.5. The van der Waals surface area contributed by atoms with Gasteiger partial charge in [-0.05, 0) is 25.2 Å². The van der Waals surface area contributed by atoms with Crippen molar-refractivity contribution in [2.24, 2.45) is 11.8 Å². The van der Waals surface area contributed by atoms with E-state index in [-0.39, 0.29) is 0 Å². The van der Waals surface area contributed by atoms with Crippen LogP contribution in [0.4, 0.5) is 0 Å². The molecule has 1 aliphatic rings. The molecule has 0 spiro atoms. The first-order valence-corrected chi connectivity index (χ1v) is 4.40.